The summed E-state index contributed by atoms with van der Waals surface area (Å²) in [5, 5.41) is 52.6. The molecule has 3 aliphatic rings. The molecule has 8 heteroatoms. The van der Waals surface area contributed by atoms with Crippen LogP contribution in [0.4, 0.5) is 0 Å². The van der Waals surface area contributed by atoms with Crippen molar-refractivity contribution in [1.82, 2.24) is 0 Å². The first-order valence-corrected chi connectivity index (χ1v) is 31.0. The molecule has 2 aromatic carbocycles. The molecule has 0 saturated heterocycles. The smallest absolute Gasteiger partial charge is 0.154 e. The minimum absolute atomic E-state index is 0.499. The minimum atomic E-state index is -2.01. The first-order chi connectivity index (χ1) is 21.8. The summed E-state index contributed by atoms with van der Waals surface area (Å²) in [6.07, 6.45) is 0. The molecule has 0 amide bonds. The first kappa shape index (κ1) is 36.7. The molecule has 4 atom stereocenters. The van der Waals surface area contributed by atoms with Crippen LogP contribution in [0.1, 0.15) is 22.3 Å². The Bertz CT molecular complexity index is 1610. The van der Waals surface area contributed by atoms with Crippen molar-refractivity contribution in [3.05, 3.63) is 70.8 Å². The lowest BCUT2D eigenvalue weighted by molar-refractivity contribution is -0.293. The van der Waals surface area contributed by atoms with Crippen LogP contribution in [-0.2, 0) is 22.4 Å². The summed E-state index contributed by atoms with van der Waals surface area (Å²) in [6, 6.07) is 14.7. The predicted octanol–water partition coefficient (Wildman–Crippen LogP) is 6.17. The molecule has 0 bridgehead atoms. The molecule has 4 N–H and O–H groups in total. The molecule has 5 rings (SSSR count). The van der Waals surface area contributed by atoms with Gasteiger partial charge in [-0.15, -0.1) is 22.2 Å². The van der Waals surface area contributed by atoms with Gasteiger partial charge in [-0.3, -0.25) is 0 Å². The molecule has 3 aliphatic carbocycles. The van der Waals surface area contributed by atoms with Gasteiger partial charge in [0.1, 0.15) is 32.3 Å². The summed E-state index contributed by atoms with van der Waals surface area (Å²) in [5.74, 6) is 10.1. The topological polar surface area (TPSA) is 80.9 Å². The van der Waals surface area contributed by atoms with Gasteiger partial charge < -0.3 is 20.4 Å². The van der Waals surface area contributed by atoms with Crippen molar-refractivity contribution in [1.29, 1.82) is 0 Å². The maximum atomic E-state index is 13.2. The number of rotatable bonds is 0. The zero-order valence-corrected chi connectivity index (χ0v) is 34.7. The normalized spacial score (nSPS) is 33.5. The lowest BCUT2D eigenvalue weighted by Gasteiger charge is -2.70. The van der Waals surface area contributed by atoms with Gasteiger partial charge in [-0.25, -0.2) is 0 Å². The van der Waals surface area contributed by atoms with Crippen molar-refractivity contribution in [2.75, 3.05) is 0 Å². The van der Waals surface area contributed by atoms with Gasteiger partial charge in [0, 0.05) is 45.9 Å². The Morgan fingerprint density at radius 3 is 0.688 bits per heavy atom. The zero-order valence-electron chi connectivity index (χ0n) is 30.7. The third-order valence-corrected chi connectivity index (χ3v) is 13.0. The molecular formula is C40H52O4Si4. The van der Waals surface area contributed by atoms with E-state index in [2.05, 4.69) is 124 Å². The van der Waals surface area contributed by atoms with E-state index in [9.17, 15) is 20.4 Å². The van der Waals surface area contributed by atoms with Gasteiger partial charge in [0.25, 0.3) is 0 Å². The van der Waals surface area contributed by atoms with Crippen LogP contribution in [0.5, 0.6) is 0 Å². The van der Waals surface area contributed by atoms with Crippen molar-refractivity contribution >= 4 is 32.3 Å². The molecular weight excluding hydrogens is 657 g/mol. The van der Waals surface area contributed by atoms with E-state index in [1.165, 1.54) is 0 Å². The van der Waals surface area contributed by atoms with Crippen LogP contribution in [0.2, 0.25) is 78.6 Å². The van der Waals surface area contributed by atoms with Crippen LogP contribution in [-0.4, -0.2) is 52.7 Å². The van der Waals surface area contributed by atoms with Crippen molar-refractivity contribution in [2.24, 2.45) is 23.7 Å². The van der Waals surface area contributed by atoms with E-state index in [1.807, 2.05) is 48.5 Å². The van der Waals surface area contributed by atoms with Crippen LogP contribution in [0.15, 0.2) is 48.5 Å². The number of benzene rings is 2. The number of aliphatic hydroxyl groups is 4. The highest BCUT2D eigenvalue weighted by atomic mass is 28.3. The Balaban J connectivity index is 1.97. The quantitative estimate of drug-likeness (QED) is 0.195. The SMILES string of the molecule is C[Si](C)(C)C#CC1(O)c2ccccc2C(O)(C#C[Si](C)(C)C)C2C1C1C2C(O)(C#C[Si](C)(C)C)c2ccccc2C1(O)C#C[Si](C)(C)C. The second kappa shape index (κ2) is 11.5. The van der Waals surface area contributed by atoms with E-state index >= 15 is 0 Å². The van der Waals surface area contributed by atoms with E-state index in [0.717, 1.165) is 0 Å². The summed E-state index contributed by atoms with van der Waals surface area (Å²) >= 11 is 0. The molecule has 48 heavy (non-hydrogen) atoms. The maximum absolute atomic E-state index is 13.2. The van der Waals surface area contributed by atoms with Crippen LogP contribution in [0.25, 0.3) is 0 Å². The van der Waals surface area contributed by atoms with Crippen LogP contribution >= 0.6 is 0 Å². The minimum Gasteiger partial charge on any atom is -0.373 e. The van der Waals surface area contributed by atoms with E-state index < -0.39 is 78.4 Å². The molecule has 1 fully saturated rings. The Morgan fingerprint density at radius 2 is 0.542 bits per heavy atom. The van der Waals surface area contributed by atoms with Crippen molar-refractivity contribution in [3.8, 4) is 45.9 Å². The average Bonchev–Trinajstić information content (AvgIpc) is 2.94. The molecule has 1 saturated carbocycles. The molecule has 2 aromatic rings. The Labute approximate surface area is 292 Å². The van der Waals surface area contributed by atoms with Crippen molar-refractivity contribution < 1.29 is 20.4 Å². The fourth-order valence-electron chi connectivity index (χ4n) is 7.57. The predicted molar refractivity (Wildman–Crippen MR) is 207 cm³/mol. The van der Waals surface area contributed by atoms with Gasteiger partial charge in [0.2, 0.25) is 0 Å². The van der Waals surface area contributed by atoms with Gasteiger partial charge in [0.15, 0.2) is 22.4 Å². The molecule has 0 radical (unpaired) electrons. The molecule has 4 nitrogen and oxygen atoms in total. The molecule has 0 aromatic heterocycles. The third-order valence-electron chi connectivity index (χ3n) is 9.49. The molecule has 0 spiro atoms. The Kier molecular flexibility index (Phi) is 8.75. The average molecular weight is 709 g/mol. The van der Waals surface area contributed by atoms with Crippen LogP contribution < -0.4 is 0 Å². The van der Waals surface area contributed by atoms with E-state index in [0.29, 0.717) is 22.3 Å². The number of hydrogen-bond acceptors (Lipinski definition) is 4. The Morgan fingerprint density at radius 1 is 0.375 bits per heavy atom. The van der Waals surface area contributed by atoms with E-state index in [1.54, 1.807) is 0 Å². The monoisotopic (exact) mass is 708 g/mol. The van der Waals surface area contributed by atoms with Crippen molar-refractivity contribution in [2.45, 2.75) is 101 Å². The fraction of sp³-hybridized carbons (Fsp3) is 0.500. The first-order valence-electron chi connectivity index (χ1n) is 17.0. The lowest BCUT2D eigenvalue weighted by Crippen LogP contribution is -2.76. The summed E-state index contributed by atoms with van der Waals surface area (Å²) in [6.45, 7) is 25.6. The van der Waals surface area contributed by atoms with E-state index in [-0.39, 0.29) is 0 Å². The second-order valence-corrected chi connectivity index (χ2v) is 37.3. The van der Waals surface area contributed by atoms with Crippen LogP contribution in [0, 0.1) is 69.5 Å². The molecule has 0 aliphatic heterocycles. The highest BCUT2D eigenvalue weighted by molar-refractivity contribution is 6.85. The zero-order chi connectivity index (χ0) is 35.9. The molecule has 0 heterocycles. The Hall–Kier alpha value is -2.61. The number of fused-ring (bicyclic) bond motifs is 6. The second-order valence-electron chi connectivity index (χ2n) is 18.3. The highest BCUT2D eigenvalue weighted by Crippen LogP contribution is 2.73. The maximum Gasteiger partial charge on any atom is 0.154 e. The molecule has 252 valence electrons. The van der Waals surface area contributed by atoms with Gasteiger partial charge in [-0.1, -0.05) is 151 Å². The summed E-state index contributed by atoms with van der Waals surface area (Å²) in [4.78, 5) is 0. The molecule has 4 unspecified atom stereocenters. The van der Waals surface area contributed by atoms with Gasteiger partial charge in [-0.2, -0.15) is 0 Å². The summed E-state index contributed by atoms with van der Waals surface area (Å²) in [7, 11) is -8.04. The van der Waals surface area contributed by atoms with Crippen molar-refractivity contribution in [3.63, 3.8) is 0 Å². The third kappa shape index (κ3) is 6.28. The largest absolute Gasteiger partial charge is 0.373 e. The summed E-state index contributed by atoms with van der Waals surface area (Å²) in [5.41, 5.74) is 8.76. The van der Waals surface area contributed by atoms with Gasteiger partial charge in [0.05, 0.1) is 0 Å². The van der Waals surface area contributed by atoms with Gasteiger partial charge >= 0.3 is 0 Å². The lowest BCUT2D eigenvalue weighted by atomic mass is 9.34. The van der Waals surface area contributed by atoms with Crippen LogP contribution in [0.3, 0.4) is 0 Å². The number of hydrogen-bond donors (Lipinski definition) is 4. The summed E-state index contributed by atoms with van der Waals surface area (Å²) < 4.78 is 0. The fourth-order valence-corrected chi connectivity index (χ4v) is 9.84. The highest BCUT2D eigenvalue weighted by Gasteiger charge is 2.79. The van der Waals surface area contributed by atoms with Gasteiger partial charge in [-0.05, 0) is 0 Å². The standard InChI is InChI=1S/C40H52O4Si4/c1-45(2,3)25-21-37(41)29-17-13-14-18-30(29)38(42,22-26-46(4,5)6)34-33(37)35-36(34)40(44,24-28-48(10,11)12)32-20-16-15-19-31(32)39(35,43)23-27-47(7,8)9/h13-20,33-36,41-44H,1-12H3. The van der Waals surface area contributed by atoms with E-state index in [4.69, 9.17) is 0 Å².